The Morgan fingerprint density at radius 2 is 2.00 bits per heavy atom. The lowest BCUT2D eigenvalue weighted by molar-refractivity contribution is 0.0987. The highest BCUT2D eigenvalue weighted by atomic mass is 32.2. The molecule has 1 aliphatic rings. The van der Waals surface area contributed by atoms with E-state index in [1.54, 1.807) is 17.0 Å². The van der Waals surface area contributed by atoms with Gasteiger partial charge in [0.15, 0.2) is 9.84 Å². The summed E-state index contributed by atoms with van der Waals surface area (Å²) in [5.74, 6) is -0.244. The van der Waals surface area contributed by atoms with Crippen molar-refractivity contribution in [1.29, 1.82) is 0 Å². The summed E-state index contributed by atoms with van der Waals surface area (Å²) in [4.78, 5) is 15.1. The van der Waals surface area contributed by atoms with Gasteiger partial charge in [-0.3, -0.25) is 9.69 Å². The van der Waals surface area contributed by atoms with Crippen molar-refractivity contribution in [1.82, 2.24) is 0 Å². The number of sulfone groups is 1. The molecular weight excluding hydrogens is 330 g/mol. The van der Waals surface area contributed by atoms with Crippen molar-refractivity contribution < 1.29 is 13.2 Å². The zero-order valence-corrected chi connectivity index (χ0v) is 14.5. The Hall–Kier alpha value is -1.92. The molecule has 3 rings (SSSR count). The van der Waals surface area contributed by atoms with Gasteiger partial charge in [-0.2, -0.15) is 0 Å². The highest BCUT2D eigenvalue weighted by molar-refractivity contribution is 7.94. The van der Waals surface area contributed by atoms with Gasteiger partial charge in [-0.1, -0.05) is 12.1 Å². The van der Waals surface area contributed by atoms with Crippen LogP contribution in [-0.4, -0.2) is 26.1 Å². The molecule has 0 N–H and O–H groups in total. The summed E-state index contributed by atoms with van der Waals surface area (Å²) in [6.45, 7) is 3.98. The lowest BCUT2D eigenvalue weighted by Crippen LogP contribution is -2.41. The lowest BCUT2D eigenvalue weighted by Gasteiger charge is -2.27. The monoisotopic (exact) mass is 347 g/mol. The largest absolute Gasteiger partial charge is 0.300 e. The average molecular weight is 347 g/mol. The van der Waals surface area contributed by atoms with Crippen LogP contribution in [0.5, 0.6) is 0 Å². The number of carbonyl (C=O) groups excluding carboxylic acids is 1. The summed E-state index contributed by atoms with van der Waals surface area (Å²) in [5, 5.41) is 3.04. The predicted molar refractivity (Wildman–Crippen MR) is 93.8 cm³/mol. The van der Waals surface area contributed by atoms with Crippen LogP contribution in [0.2, 0.25) is 0 Å². The zero-order chi connectivity index (χ0) is 16.6. The van der Waals surface area contributed by atoms with E-state index in [1.807, 2.05) is 43.5 Å². The zero-order valence-electron chi connectivity index (χ0n) is 12.9. The fraction of sp³-hybridized carbons (Fsp3) is 0.235. The first-order chi connectivity index (χ1) is 10.9. The number of amides is 1. The van der Waals surface area contributed by atoms with Crippen molar-refractivity contribution in [3.63, 3.8) is 0 Å². The summed E-state index contributed by atoms with van der Waals surface area (Å²) in [6.07, 6.45) is 1.59. The maximum atomic E-state index is 12.9. The molecule has 0 spiro atoms. The van der Waals surface area contributed by atoms with E-state index in [0.29, 0.717) is 4.88 Å². The number of anilines is 1. The second kappa shape index (κ2) is 5.94. The third-order valence-electron chi connectivity index (χ3n) is 3.96. The fourth-order valence-electron chi connectivity index (χ4n) is 2.57. The summed E-state index contributed by atoms with van der Waals surface area (Å²) >= 11 is 1.36. The smallest absolute Gasteiger partial charge is 0.268 e. The second-order valence-corrected chi connectivity index (χ2v) is 8.53. The van der Waals surface area contributed by atoms with Gasteiger partial charge in [-0.15, -0.1) is 11.3 Å². The van der Waals surface area contributed by atoms with Crippen LogP contribution in [0.3, 0.4) is 0 Å². The molecular formula is C17H17NO3S2. The minimum atomic E-state index is -3.24. The van der Waals surface area contributed by atoms with Gasteiger partial charge < -0.3 is 0 Å². The Balaban J connectivity index is 2.05. The van der Waals surface area contributed by atoms with Crippen LogP contribution >= 0.6 is 11.3 Å². The van der Waals surface area contributed by atoms with E-state index < -0.39 is 15.9 Å². The van der Waals surface area contributed by atoms with Crippen molar-refractivity contribution >= 4 is 32.8 Å². The normalized spacial score (nSPS) is 19.0. The summed E-state index contributed by atoms with van der Waals surface area (Å²) < 4.78 is 23.6. The van der Waals surface area contributed by atoms with Crippen LogP contribution in [0.25, 0.3) is 0 Å². The van der Waals surface area contributed by atoms with E-state index >= 15 is 0 Å². The van der Waals surface area contributed by atoms with Crippen LogP contribution in [0.15, 0.2) is 47.2 Å². The number of nitrogens with zero attached hydrogens (tertiary/aromatic N) is 1. The molecule has 1 aromatic carbocycles. The first-order valence-corrected chi connectivity index (χ1v) is 9.82. The Morgan fingerprint density at radius 1 is 1.22 bits per heavy atom. The molecule has 0 saturated heterocycles. The number of rotatable bonds is 3. The third kappa shape index (κ3) is 3.23. The summed E-state index contributed by atoms with van der Waals surface area (Å²) in [6, 6.07) is 8.85. The first kappa shape index (κ1) is 16.0. The van der Waals surface area contributed by atoms with E-state index in [1.165, 1.54) is 16.7 Å². The Morgan fingerprint density at radius 3 is 2.57 bits per heavy atom. The lowest BCUT2D eigenvalue weighted by atomic mass is 10.1. The van der Waals surface area contributed by atoms with Crippen LogP contribution in [0.1, 0.15) is 20.8 Å². The standard InChI is InChI=1S/C17H17NO3S2/c1-12-5-6-14(10-13(12)2)18(15-7-9-23(20,21)11-15)17(19)16-4-3-8-22-16/h3-10,15H,11H2,1-2H3/t15-/m1/s1. The molecule has 120 valence electrons. The van der Waals surface area contributed by atoms with E-state index in [2.05, 4.69) is 0 Å². The molecule has 2 aromatic rings. The minimum Gasteiger partial charge on any atom is -0.300 e. The van der Waals surface area contributed by atoms with Gasteiger partial charge in [0.2, 0.25) is 0 Å². The molecule has 0 radical (unpaired) electrons. The van der Waals surface area contributed by atoms with Crippen LogP contribution in [0, 0.1) is 13.8 Å². The van der Waals surface area contributed by atoms with E-state index in [-0.39, 0.29) is 11.7 Å². The number of hydrogen-bond donors (Lipinski definition) is 0. The highest BCUT2D eigenvalue weighted by Crippen LogP contribution is 2.27. The molecule has 1 aliphatic heterocycles. The number of aryl methyl sites for hydroxylation is 2. The molecule has 2 heterocycles. The molecule has 0 aliphatic carbocycles. The van der Waals surface area contributed by atoms with Crippen molar-refractivity contribution in [2.75, 3.05) is 10.7 Å². The first-order valence-electron chi connectivity index (χ1n) is 7.23. The molecule has 4 nitrogen and oxygen atoms in total. The van der Waals surface area contributed by atoms with Gasteiger partial charge in [0.05, 0.1) is 16.7 Å². The maximum Gasteiger partial charge on any atom is 0.268 e. The second-order valence-electron chi connectivity index (χ2n) is 5.65. The fourth-order valence-corrected chi connectivity index (χ4v) is 4.50. The average Bonchev–Trinajstić information content (AvgIpc) is 3.13. The Labute approximate surface area is 140 Å². The molecule has 0 unspecified atom stereocenters. The van der Waals surface area contributed by atoms with Gasteiger partial charge in [-0.05, 0) is 54.6 Å². The predicted octanol–water partition coefficient (Wildman–Crippen LogP) is 3.32. The van der Waals surface area contributed by atoms with Crippen molar-refractivity contribution in [2.24, 2.45) is 0 Å². The van der Waals surface area contributed by atoms with Crippen molar-refractivity contribution in [2.45, 2.75) is 19.9 Å². The van der Waals surface area contributed by atoms with Gasteiger partial charge in [0, 0.05) is 11.1 Å². The van der Waals surface area contributed by atoms with Crippen LogP contribution < -0.4 is 4.90 Å². The Kier molecular flexibility index (Phi) is 4.12. The molecule has 1 aromatic heterocycles. The van der Waals surface area contributed by atoms with Crippen LogP contribution in [0.4, 0.5) is 5.69 Å². The van der Waals surface area contributed by atoms with Gasteiger partial charge in [-0.25, -0.2) is 8.42 Å². The minimum absolute atomic E-state index is 0.0724. The van der Waals surface area contributed by atoms with Crippen molar-refractivity contribution in [3.8, 4) is 0 Å². The van der Waals surface area contributed by atoms with Crippen LogP contribution in [-0.2, 0) is 9.84 Å². The van der Waals surface area contributed by atoms with Crippen molar-refractivity contribution in [3.05, 3.63) is 63.2 Å². The third-order valence-corrected chi connectivity index (χ3v) is 6.20. The molecule has 0 bridgehead atoms. The number of carbonyl (C=O) groups is 1. The van der Waals surface area contributed by atoms with Gasteiger partial charge >= 0.3 is 0 Å². The molecule has 1 atom stereocenters. The number of benzene rings is 1. The molecule has 6 heteroatoms. The van der Waals surface area contributed by atoms with E-state index in [0.717, 1.165) is 16.8 Å². The quantitative estimate of drug-likeness (QED) is 0.856. The van der Waals surface area contributed by atoms with E-state index in [9.17, 15) is 13.2 Å². The highest BCUT2D eigenvalue weighted by Gasteiger charge is 2.32. The number of hydrogen-bond acceptors (Lipinski definition) is 4. The maximum absolute atomic E-state index is 12.9. The summed E-state index contributed by atoms with van der Waals surface area (Å²) in [5.41, 5.74) is 2.92. The molecule has 0 saturated carbocycles. The number of thiophene rings is 1. The van der Waals surface area contributed by atoms with Gasteiger partial charge in [0.1, 0.15) is 0 Å². The molecule has 23 heavy (non-hydrogen) atoms. The van der Waals surface area contributed by atoms with E-state index in [4.69, 9.17) is 0 Å². The van der Waals surface area contributed by atoms with Gasteiger partial charge in [0.25, 0.3) is 5.91 Å². The SMILES string of the molecule is Cc1ccc(N(C(=O)c2cccs2)[C@@H]2C=CS(=O)(=O)C2)cc1C. The topological polar surface area (TPSA) is 54.5 Å². The summed E-state index contributed by atoms with van der Waals surface area (Å²) in [7, 11) is -3.24. The Bertz CT molecular complexity index is 867. The molecule has 0 fully saturated rings. The molecule has 1 amide bonds.